The molecule has 0 bridgehead atoms. The standard InChI is InChI=1S/C22H19ClN2O2/c1-15-7-10-18(23)14-20(15)25-22(27)17-8-11-19(12-9-17)24-21(26)13-16-5-3-2-4-6-16/h2-12,14H,13H2,1H3,(H,24,26)(H,25,27). The van der Waals surface area contributed by atoms with E-state index >= 15 is 0 Å². The van der Waals surface area contributed by atoms with Crippen molar-refractivity contribution < 1.29 is 9.59 Å². The zero-order valence-electron chi connectivity index (χ0n) is 14.8. The summed E-state index contributed by atoms with van der Waals surface area (Å²) in [5.41, 5.74) is 3.69. The number of carbonyl (C=O) groups excluding carboxylic acids is 2. The van der Waals surface area contributed by atoms with E-state index in [1.165, 1.54) is 0 Å². The molecule has 0 heterocycles. The Bertz CT molecular complexity index is 954. The van der Waals surface area contributed by atoms with Crippen LogP contribution in [0, 0.1) is 6.92 Å². The highest BCUT2D eigenvalue weighted by Gasteiger charge is 2.09. The molecule has 0 aromatic heterocycles. The molecule has 0 aliphatic rings. The number of hydrogen-bond donors (Lipinski definition) is 2. The maximum Gasteiger partial charge on any atom is 0.255 e. The lowest BCUT2D eigenvalue weighted by molar-refractivity contribution is -0.115. The number of benzene rings is 3. The second kappa shape index (κ2) is 8.52. The van der Waals surface area contributed by atoms with Gasteiger partial charge in [-0.15, -0.1) is 0 Å². The largest absolute Gasteiger partial charge is 0.326 e. The predicted molar refractivity (Wildman–Crippen MR) is 109 cm³/mol. The average Bonchev–Trinajstić information content (AvgIpc) is 2.66. The predicted octanol–water partition coefficient (Wildman–Crippen LogP) is 5.08. The fraction of sp³-hybridized carbons (Fsp3) is 0.0909. The average molecular weight is 379 g/mol. The number of nitrogens with one attached hydrogen (secondary N) is 2. The van der Waals surface area contributed by atoms with E-state index in [2.05, 4.69) is 10.6 Å². The fourth-order valence-electron chi connectivity index (χ4n) is 2.61. The Hall–Kier alpha value is -3.11. The molecule has 2 N–H and O–H groups in total. The lowest BCUT2D eigenvalue weighted by Gasteiger charge is -2.10. The summed E-state index contributed by atoms with van der Waals surface area (Å²) in [5.74, 6) is -0.338. The summed E-state index contributed by atoms with van der Waals surface area (Å²) in [6.07, 6.45) is 0.303. The lowest BCUT2D eigenvalue weighted by atomic mass is 10.1. The molecular formula is C22H19ClN2O2. The van der Waals surface area contributed by atoms with Gasteiger partial charge in [-0.25, -0.2) is 0 Å². The Morgan fingerprint density at radius 2 is 1.59 bits per heavy atom. The first-order chi connectivity index (χ1) is 13.0. The van der Waals surface area contributed by atoms with Gasteiger partial charge >= 0.3 is 0 Å². The van der Waals surface area contributed by atoms with E-state index in [4.69, 9.17) is 11.6 Å². The van der Waals surface area contributed by atoms with Crippen LogP contribution < -0.4 is 10.6 Å². The van der Waals surface area contributed by atoms with E-state index in [1.807, 2.05) is 43.3 Å². The van der Waals surface area contributed by atoms with Crippen molar-refractivity contribution in [3.8, 4) is 0 Å². The zero-order valence-corrected chi connectivity index (χ0v) is 15.6. The monoisotopic (exact) mass is 378 g/mol. The molecule has 0 fully saturated rings. The molecular weight excluding hydrogens is 360 g/mol. The van der Waals surface area contributed by atoms with Crippen molar-refractivity contribution in [2.24, 2.45) is 0 Å². The molecule has 0 unspecified atom stereocenters. The molecule has 5 heteroatoms. The van der Waals surface area contributed by atoms with Gasteiger partial charge in [0, 0.05) is 22.0 Å². The number of anilines is 2. The van der Waals surface area contributed by atoms with Crippen molar-refractivity contribution in [3.05, 3.63) is 94.5 Å². The lowest BCUT2D eigenvalue weighted by Crippen LogP contribution is -2.15. The number of aryl methyl sites for hydroxylation is 1. The summed E-state index contributed by atoms with van der Waals surface area (Å²) >= 11 is 5.98. The van der Waals surface area contributed by atoms with E-state index in [0.29, 0.717) is 28.4 Å². The Morgan fingerprint density at radius 3 is 2.30 bits per heavy atom. The smallest absolute Gasteiger partial charge is 0.255 e. The van der Waals surface area contributed by atoms with E-state index in [9.17, 15) is 9.59 Å². The number of halogens is 1. The second-order valence-corrected chi connectivity index (χ2v) is 6.64. The number of amides is 2. The van der Waals surface area contributed by atoms with Gasteiger partial charge in [0.1, 0.15) is 0 Å². The van der Waals surface area contributed by atoms with Crippen LogP contribution in [0.2, 0.25) is 5.02 Å². The normalized spacial score (nSPS) is 10.3. The molecule has 0 saturated carbocycles. The van der Waals surface area contributed by atoms with E-state index in [1.54, 1.807) is 36.4 Å². The maximum atomic E-state index is 12.4. The first-order valence-electron chi connectivity index (χ1n) is 8.52. The molecule has 0 aliphatic carbocycles. The van der Waals surface area contributed by atoms with Crippen LogP contribution in [0.3, 0.4) is 0 Å². The van der Waals surface area contributed by atoms with Crippen LogP contribution in [-0.2, 0) is 11.2 Å². The van der Waals surface area contributed by atoms with E-state index < -0.39 is 0 Å². The zero-order chi connectivity index (χ0) is 19.2. The first kappa shape index (κ1) is 18.7. The van der Waals surface area contributed by atoms with Crippen molar-refractivity contribution in [3.63, 3.8) is 0 Å². The molecule has 0 atom stereocenters. The Morgan fingerprint density at radius 1 is 0.889 bits per heavy atom. The van der Waals surface area contributed by atoms with Gasteiger partial charge in [0.05, 0.1) is 6.42 Å². The summed E-state index contributed by atoms with van der Waals surface area (Å²) in [6.45, 7) is 1.90. The van der Waals surface area contributed by atoms with Crippen LogP contribution in [0.1, 0.15) is 21.5 Å². The van der Waals surface area contributed by atoms with Crippen molar-refractivity contribution >= 4 is 34.8 Å². The summed E-state index contributed by atoms with van der Waals surface area (Å²) in [4.78, 5) is 24.5. The van der Waals surface area contributed by atoms with Crippen LogP contribution >= 0.6 is 11.6 Å². The number of rotatable bonds is 5. The first-order valence-corrected chi connectivity index (χ1v) is 8.90. The maximum absolute atomic E-state index is 12.4. The molecule has 0 saturated heterocycles. The molecule has 4 nitrogen and oxygen atoms in total. The van der Waals surface area contributed by atoms with Gasteiger partial charge < -0.3 is 10.6 Å². The van der Waals surface area contributed by atoms with Crippen molar-refractivity contribution in [2.45, 2.75) is 13.3 Å². The van der Waals surface area contributed by atoms with Gasteiger partial charge in [-0.2, -0.15) is 0 Å². The quantitative estimate of drug-likeness (QED) is 0.650. The molecule has 2 amide bonds. The Kier molecular flexibility index (Phi) is 5.89. The summed E-state index contributed by atoms with van der Waals surface area (Å²) in [7, 11) is 0. The molecule has 27 heavy (non-hydrogen) atoms. The van der Waals surface area contributed by atoms with Gasteiger partial charge in [0.2, 0.25) is 5.91 Å². The van der Waals surface area contributed by atoms with Gasteiger partial charge in [-0.3, -0.25) is 9.59 Å². The molecule has 3 aromatic carbocycles. The van der Waals surface area contributed by atoms with Crippen LogP contribution in [0.15, 0.2) is 72.8 Å². The van der Waals surface area contributed by atoms with Gasteiger partial charge in [0.15, 0.2) is 0 Å². The van der Waals surface area contributed by atoms with Crippen molar-refractivity contribution in [1.29, 1.82) is 0 Å². The van der Waals surface area contributed by atoms with Gasteiger partial charge in [-0.05, 0) is 54.4 Å². The highest BCUT2D eigenvalue weighted by molar-refractivity contribution is 6.31. The molecule has 3 aromatic rings. The number of hydrogen-bond acceptors (Lipinski definition) is 2. The minimum Gasteiger partial charge on any atom is -0.326 e. The van der Waals surface area contributed by atoms with E-state index in [0.717, 1.165) is 11.1 Å². The molecule has 3 rings (SSSR count). The van der Waals surface area contributed by atoms with Gasteiger partial charge in [0.25, 0.3) is 5.91 Å². The number of carbonyl (C=O) groups is 2. The summed E-state index contributed by atoms with van der Waals surface area (Å²) < 4.78 is 0. The highest BCUT2D eigenvalue weighted by atomic mass is 35.5. The SMILES string of the molecule is Cc1ccc(Cl)cc1NC(=O)c1ccc(NC(=O)Cc2ccccc2)cc1. The Labute approximate surface area is 163 Å². The molecule has 0 aliphatic heterocycles. The van der Waals surface area contributed by atoms with Crippen LogP contribution in [0.5, 0.6) is 0 Å². The second-order valence-electron chi connectivity index (χ2n) is 6.20. The van der Waals surface area contributed by atoms with Gasteiger partial charge in [-0.1, -0.05) is 48.0 Å². The third-order valence-electron chi connectivity index (χ3n) is 4.09. The Balaban J connectivity index is 1.62. The summed E-state index contributed by atoms with van der Waals surface area (Å²) in [6, 6.07) is 21.6. The molecule has 136 valence electrons. The minimum absolute atomic E-state index is 0.104. The third-order valence-corrected chi connectivity index (χ3v) is 4.32. The molecule has 0 radical (unpaired) electrons. The molecule has 0 spiro atoms. The third kappa shape index (κ3) is 5.19. The van der Waals surface area contributed by atoms with Crippen LogP contribution in [0.4, 0.5) is 11.4 Å². The van der Waals surface area contributed by atoms with Crippen molar-refractivity contribution in [1.82, 2.24) is 0 Å². The minimum atomic E-state index is -0.234. The topological polar surface area (TPSA) is 58.2 Å². The summed E-state index contributed by atoms with van der Waals surface area (Å²) in [5, 5.41) is 6.25. The van der Waals surface area contributed by atoms with Crippen LogP contribution in [0.25, 0.3) is 0 Å². The highest BCUT2D eigenvalue weighted by Crippen LogP contribution is 2.21. The van der Waals surface area contributed by atoms with Crippen LogP contribution in [-0.4, -0.2) is 11.8 Å². The van der Waals surface area contributed by atoms with Crippen molar-refractivity contribution in [2.75, 3.05) is 10.6 Å². The fourth-order valence-corrected chi connectivity index (χ4v) is 2.79. The van der Waals surface area contributed by atoms with E-state index in [-0.39, 0.29) is 11.8 Å².